The summed E-state index contributed by atoms with van der Waals surface area (Å²) in [5.74, 6) is 0.346. The van der Waals surface area contributed by atoms with Crippen molar-refractivity contribution < 1.29 is 14.7 Å². The average molecular weight is 434 g/mol. The fourth-order valence-corrected chi connectivity index (χ4v) is 6.81. The van der Waals surface area contributed by atoms with E-state index < -0.39 is 6.09 Å². The van der Waals surface area contributed by atoms with Crippen molar-refractivity contribution in [1.82, 2.24) is 14.7 Å². The molecule has 0 spiro atoms. The van der Waals surface area contributed by atoms with E-state index in [4.69, 9.17) is 5.73 Å². The van der Waals surface area contributed by atoms with Crippen LogP contribution in [0.5, 0.6) is 0 Å². The molecular weight excluding hydrogens is 392 g/mol. The highest BCUT2D eigenvalue weighted by atomic mass is 16.4. The van der Waals surface area contributed by atoms with Crippen LogP contribution < -0.4 is 5.73 Å². The fourth-order valence-electron chi connectivity index (χ4n) is 6.81. The molecule has 2 bridgehead atoms. The van der Waals surface area contributed by atoms with Gasteiger partial charge in [0.1, 0.15) is 0 Å². The maximum absolute atomic E-state index is 13.6. The van der Waals surface area contributed by atoms with Crippen molar-refractivity contribution in [3.8, 4) is 0 Å². The van der Waals surface area contributed by atoms with Crippen LogP contribution in [0.25, 0.3) is 0 Å². The van der Waals surface area contributed by atoms with Crippen molar-refractivity contribution >= 4 is 12.1 Å². The second kappa shape index (κ2) is 9.16. The lowest BCUT2D eigenvalue weighted by molar-refractivity contribution is -0.0321. The Morgan fingerprint density at radius 2 is 1.68 bits per heavy atom. The topological polar surface area (TPSA) is 90.1 Å². The fraction of sp³-hybridized carbons (Fsp3) is 0.875. The number of carboxylic acid groups (broad SMARTS) is 1. The third kappa shape index (κ3) is 4.39. The summed E-state index contributed by atoms with van der Waals surface area (Å²) in [7, 11) is 1.98. The number of nitrogens with two attached hydrogens (primary N) is 1. The Balaban J connectivity index is 1.45. The summed E-state index contributed by atoms with van der Waals surface area (Å²) in [4.78, 5) is 31.2. The SMILES string of the molecule is CN(C(=O)N1CCN(C(=O)O)C(C2CCC[CH]CCC2)C1)C12CCC(CN)(CC1)CC2. The number of carbonyl (C=O) groups excluding carboxylic acids is 1. The van der Waals surface area contributed by atoms with Crippen molar-refractivity contribution in [3.05, 3.63) is 6.42 Å². The predicted octanol–water partition coefficient (Wildman–Crippen LogP) is 3.93. The molecule has 1 unspecified atom stereocenters. The van der Waals surface area contributed by atoms with Crippen LogP contribution in [0.1, 0.15) is 77.0 Å². The zero-order valence-corrected chi connectivity index (χ0v) is 19.2. The van der Waals surface area contributed by atoms with E-state index in [0.29, 0.717) is 31.0 Å². The monoisotopic (exact) mass is 433 g/mol. The Hall–Kier alpha value is -1.50. The smallest absolute Gasteiger partial charge is 0.407 e. The summed E-state index contributed by atoms with van der Waals surface area (Å²) in [6, 6.07) is 0.0122. The summed E-state index contributed by atoms with van der Waals surface area (Å²) >= 11 is 0. The van der Waals surface area contributed by atoms with E-state index >= 15 is 0 Å². The first-order valence-corrected chi connectivity index (χ1v) is 12.4. The number of rotatable bonds is 3. The van der Waals surface area contributed by atoms with E-state index in [1.54, 1.807) is 4.90 Å². The summed E-state index contributed by atoms with van der Waals surface area (Å²) in [5.41, 5.74) is 6.34. The van der Waals surface area contributed by atoms with Crippen LogP contribution in [-0.2, 0) is 0 Å². The lowest BCUT2D eigenvalue weighted by Gasteiger charge is -2.57. The number of carbonyl (C=O) groups is 2. The summed E-state index contributed by atoms with van der Waals surface area (Å²) < 4.78 is 0. The Morgan fingerprint density at radius 3 is 2.23 bits per heavy atom. The zero-order chi connectivity index (χ0) is 22.1. The highest BCUT2D eigenvalue weighted by molar-refractivity contribution is 5.76. The molecule has 5 rings (SSSR count). The third-order valence-corrected chi connectivity index (χ3v) is 9.24. The second-order valence-electron chi connectivity index (χ2n) is 10.7. The van der Waals surface area contributed by atoms with Gasteiger partial charge in [-0.25, -0.2) is 9.59 Å². The standard InChI is InChI=1S/C24H41N4O3/c1-26(24-12-9-23(18-25,10-13-24)11-14-24)21(29)27-15-16-28(22(30)31)20(17-27)19-7-5-3-2-4-6-8-19/h2,19-20H,3-18,25H2,1H3,(H,30,31). The molecule has 1 atom stereocenters. The molecule has 5 aliphatic rings. The van der Waals surface area contributed by atoms with Gasteiger partial charge in [-0.15, -0.1) is 0 Å². The molecule has 3 amide bonds. The van der Waals surface area contributed by atoms with E-state index in [1.165, 1.54) is 0 Å². The van der Waals surface area contributed by atoms with Crippen LogP contribution in [0.2, 0.25) is 0 Å². The average Bonchev–Trinajstić information content (AvgIpc) is 2.78. The molecule has 3 N–H and O–H groups in total. The van der Waals surface area contributed by atoms with Crippen molar-refractivity contribution in [2.45, 2.75) is 88.6 Å². The molecule has 175 valence electrons. The van der Waals surface area contributed by atoms with Crippen LogP contribution in [-0.4, -0.2) is 76.7 Å². The van der Waals surface area contributed by atoms with Crippen LogP contribution in [0.4, 0.5) is 9.59 Å². The Bertz CT molecular complexity index is 637. The minimum Gasteiger partial charge on any atom is -0.465 e. The lowest BCUT2D eigenvalue weighted by atomic mass is 9.57. The van der Waals surface area contributed by atoms with Gasteiger partial charge in [0.2, 0.25) is 0 Å². The molecule has 4 aliphatic carbocycles. The van der Waals surface area contributed by atoms with E-state index in [0.717, 1.165) is 83.6 Å². The van der Waals surface area contributed by atoms with Gasteiger partial charge in [-0.1, -0.05) is 25.7 Å². The van der Waals surface area contributed by atoms with Gasteiger partial charge in [-0.2, -0.15) is 0 Å². The Kier molecular flexibility index (Phi) is 6.71. The highest BCUT2D eigenvalue weighted by Gasteiger charge is 2.52. The highest BCUT2D eigenvalue weighted by Crippen LogP contribution is 2.54. The van der Waals surface area contributed by atoms with Gasteiger partial charge < -0.3 is 25.5 Å². The summed E-state index contributed by atoms with van der Waals surface area (Å²) in [6.07, 6.45) is 14.6. The molecular formula is C24H41N4O3. The van der Waals surface area contributed by atoms with Gasteiger partial charge >= 0.3 is 12.1 Å². The third-order valence-electron chi connectivity index (χ3n) is 9.24. The molecule has 1 saturated heterocycles. The second-order valence-corrected chi connectivity index (χ2v) is 10.7. The van der Waals surface area contributed by atoms with Crippen molar-refractivity contribution in [2.75, 3.05) is 33.2 Å². The van der Waals surface area contributed by atoms with Crippen LogP contribution >= 0.6 is 0 Å². The van der Waals surface area contributed by atoms with Gasteiger partial charge in [-0.05, 0) is 75.7 Å². The Morgan fingerprint density at radius 1 is 1.06 bits per heavy atom. The largest absolute Gasteiger partial charge is 0.465 e. The van der Waals surface area contributed by atoms with Gasteiger partial charge in [0.25, 0.3) is 0 Å². The molecule has 5 fully saturated rings. The van der Waals surface area contributed by atoms with E-state index in [2.05, 4.69) is 6.42 Å². The first-order valence-electron chi connectivity index (χ1n) is 12.4. The molecule has 1 radical (unpaired) electrons. The molecule has 0 aromatic heterocycles. The first kappa shape index (κ1) is 22.7. The molecule has 0 aromatic carbocycles. The van der Waals surface area contributed by atoms with Crippen molar-refractivity contribution in [3.63, 3.8) is 0 Å². The van der Waals surface area contributed by atoms with Gasteiger partial charge in [0.05, 0.1) is 6.04 Å². The van der Waals surface area contributed by atoms with Crippen molar-refractivity contribution in [1.29, 1.82) is 0 Å². The number of piperazine rings is 1. The lowest BCUT2D eigenvalue weighted by Crippen LogP contribution is -2.64. The van der Waals surface area contributed by atoms with Crippen LogP contribution in [0, 0.1) is 17.8 Å². The van der Waals surface area contributed by atoms with Crippen LogP contribution in [0.15, 0.2) is 0 Å². The minimum atomic E-state index is -0.838. The first-order chi connectivity index (χ1) is 14.9. The number of fused-ring (bicyclic) bond motifs is 3. The zero-order valence-electron chi connectivity index (χ0n) is 19.2. The molecule has 7 nitrogen and oxygen atoms in total. The molecule has 4 saturated carbocycles. The number of hydrogen-bond acceptors (Lipinski definition) is 3. The number of nitrogens with zero attached hydrogens (tertiary/aromatic N) is 3. The van der Waals surface area contributed by atoms with E-state index in [-0.39, 0.29) is 17.6 Å². The van der Waals surface area contributed by atoms with Gasteiger partial charge in [0, 0.05) is 32.2 Å². The number of amides is 3. The van der Waals surface area contributed by atoms with Gasteiger partial charge in [0.15, 0.2) is 0 Å². The molecule has 31 heavy (non-hydrogen) atoms. The number of urea groups is 1. The van der Waals surface area contributed by atoms with Gasteiger partial charge in [-0.3, -0.25) is 0 Å². The van der Waals surface area contributed by atoms with Crippen LogP contribution in [0.3, 0.4) is 0 Å². The molecule has 1 heterocycles. The molecule has 7 heteroatoms. The maximum atomic E-state index is 13.6. The molecule has 0 aromatic rings. The quantitative estimate of drug-likeness (QED) is 0.706. The summed E-state index contributed by atoms with van der Waals surface area (Å²) in [6.45, 7) is 2.21. The van der Waals surface area contributed by atoms with E-state index in [1.807, 2.05) is 16.8 Å². The predicted molar refractivity (Wildman–Crippen MR) is 121 cm³/mol. The number of hydrogen-bond donors (Lipinski definition) is 2. The molecule has 1 aliphatic heterocycles. The normalized spacial score (nSPS) is 34.8. The maximum Gasteiger partial charge on any atom is 0.407 e. The Labute approximate surface area is 187 Å². The van der Waals surface area contributed by atoms with E-state index in [9.17, 15) is 14.7 Å². The minimum absolute atomic E-state index is 0.0382. The summed E-state index contributed by atoms with van der Waals surface area (Å²) in [5, 5.41) is 9.83. The van der Waals surface area contributed by atoms with Crippen molar-refractivity contribution in [2.24, 2.45) is 17.1 Å².